The zero-order valence-corrected chi connectivity index (χ0v) is 11.9. The molecule has 5 nitrogen and oxygen atoms in total. The third-order valence-corrected chi connectivity index (χ3v) is 3.98. The molecule has 1 aliphatic rings. The SMILES string of the molecule is CCN(CC)CCNC(=O)C1CCc2nc[nH]c2C1. The van der Waals surface area contributed by atoms with E-state index in [1.54, 1.807) is 6.33 Å². The highest BCUT2D eigenvalue weighted by molar-refractivity contribution is 5.79. The Morgan fingerprint density at radius 1 is 1.53 bits per heavy atom. The fourth-order valence-corrected chi connectivity index (χ4v) is 2.65. The van der Waals surface area contributed by atoms with Crippen LogP contribution in [0.2, 0.25) is 0 Å². The number of nitrogens with zero attached hydrogens (tertiary/aromatic N) is 2. The summed E-state index contributed by atoms with van der Waals surface area (Å²) in [6.07, 6.45) is 4.35. The lowest BCUT2D eigenvalue weighted by Crippen LogP contribution is -2.39. The molecular formula is C14H24N4O. The summed E-state index contributed by atoms with van der Waals surface area (Å²) >= 11 is 0. The van der Waals surface area contributed by atoms with E-state index >= 15 is 0 Å². The Balaban J connectivity index is 1.75. The number of hydrogen-bond acceptors (Lipinski definition) is 3. The van der Waals surface area contributed by atoms with Gasteiger partial charge in [0.1, 0.15) is 0 Å². The minimum Gasteiger partial charge on any atom is -0.355 e. The molecule has 19 heavy (non-hydrogen) atoms. The summed E-state index contributed by atoms with van der Waals surface area (Å²) < 4.78 is 0. The van der Waals surface area contributed by atoms with Gasteiger partial charge in [-0.1, -0.05) is 13.8 Å². The highest BCUT2D eigenvalue weighted by atomic mass is 16.1. The second-order valence-corrected chi connectivity index (χ2v) is 5.09. The van der Waals surface area contributed by atoms with E-state index in [0.29, 0.717) is 0 Å². The third-order valence-electron chi connectivity index (χ3n) is 3.98. The quantitative estimate of drug-likeness (QED) is 0.805. The summed E-state index contributed by atoms with van der Waals surface area (Å²) in [6.45, 7) is 8.03. The summed E-state index contributed by atoms with van der Waals surface area (Å²) in [6, 6.07) is 0. The van der Waals surface area contributed by atoms with Crippen LogP contribution in [0, 0.1) is 5.92 Å². The summed E-state index contributed by atoms with van der Waals surface area (Å²) in [5.74, 6) is 0.289. The lowest BCUT2D eigenvalue weighted by Gasteiger charge is -2.22. The van der Waals surface area contributed by atoms with Crippen molar-refractivity contribution < 1.29 is 4.79 Å². The van der Waals surface area contributed by atoms with Crippen LogP contribution in [0.1, 0.15) is 31.7 Å². The minimum atomic E-state index is 0.102. The number of imidazole rings is 1. The third kappa shape index (κ3) is 3.56. The summed E-state index contributed by atoms with van der Waals surface area (Å²) in [4.78, 5) is 21.8. The topological polar surface area (TPSA) is 61.0 Å². The number of fused-ring (bicyclic) bond motifs is 1. The number of hydrogen-bond donors (Lipinski definition) is 2. The van der Waals surface area contributed by atoms with Crippen LogP contribution in [0.4, 0.5) is 0 Å². The molecule has 106 valence electrons. The Kier molecular flexibility index (Phi) is 4.96. The van der Waals surface area contributed by atoms with E-state index in [0.717, 1.165) is 56.8 Å². The van der Waals surface area contributed by atoms with Gasteiger partial charge in [-0.25, -0.2) is 4.98 Å². The Labute approximate surface area is 114 Å². The van der Waals surface area contributed by atoms with Crippen molar-refractivity contribution in [3.05, 3.63) is 17.7 Å². The van der Waals surface area contributed by atoms with Crippen LogP contribution in [-0.2, 0) is 17.6 Å². The van der Waals surface area contributed by atoms with Crippen molar-refractivity contribution in [1.82, 2.24) is 20.2 Å². The Morgan fingerprint density at radius 2 is 2.32 bits per heavy atom. The van der Waals surface area contributed by atoms with Crippen LogP contribution in [-0.4, -0.2) is 47.0 Å². The van der Waals surface area contributed by atoms with E-state index in [4.69, 9.17) is 0 Å². The predicted octanol–water partition coefficient (Wildman–Crippen LogP) is 0.973. The molecule has 2 rings (SSSR count). The molecule has 0 saturated carbocycles. The lowest BCUT2D eigenvalue weighted by atomic mass is 9.89. The summed E-state index contributed by atoms with van der Waals surface area (Å²) in [5.41, 5.74) is 2.27. The van der Waals surface area contributed by atoms with Crippen molar-refractivity contribution in [1.29, 1.82) is 0 Å². The van der Waals surface area contributed by atoms with E-state index in [1.165, 1.54) is 0 Å². The maximum atomic E-state index is 12.1. The first-order valence-corrected chi connectivity index (χ1v) is 7.25. The number of aryl methyl sites for hydroxylation is 1. The van der Waals surface area contributed by atoms with E-state index in [-0.39, 0.29) is 11.8 Å². The molecular weight excluding hydrogens is 240 g/mol. The molecule has 1 aromatic rings. The lowest BCUT2D eigenvalue weighted by molar-refractivity contribution is -0.125. The number of aromatic amines is 1. The first kappa shape index (κ1) is 14.1. The fraction of sp³-hybridized carbons (Fsp3) is 0.714. The van der Waals surface area contributed by atoms with Gasteiger partial charge in [0.25, 0.3) is 0 Å². The molecule has 1 aliphatic carbocycles. The van der Waals surface area contributed by atoms with Gasteiger partial charge in [0, 0.05) is 31.1 Å². The molecule has 0 saturated heterocycles. The second-order valence-electron chi connectivity index (χ2n) is 5.09. The number of aromatic nitrogens is 2. The van der Waals surface area contributed by atoms with Gasteiger partial charge in [-0.15, -0.1) is 0 Å². The van der Waals surface area contributed by atoms with Gasteiger partial charge in [-0.05, 0) is 25.9 Å². The molecule has 1 unspecified atom stereocenters. The number of amides is 1. The summed E-state index contributed by atoms with van der Waals surface area (Å²) in [7, 11) is 0. The van der Waals surface area contributed by atoms with Crippen LogP contribution < -0.4 is 5.32 Å². The minimum absolute atomic E-state index is 0.102. The molecule has 1 amide bonds. The molecule has 1 aromatic heterocycles. The molecule has 1 heterocycles. The maximum absolute atomic E-state index is 12.1. The van der Waals surface area contributed by atoms with Crippen molar-refractivity contribution in [3.63, 3.8) is 0 Å². The van der Waals surface area contributed by atoms with Gasteiger partial charge < -0.3 is 15.2 Å². The molecule has 2 N–H and O–H groups in total. The normalized spacial score (nSPS) is 18.4. The fourth-order valence-electron chi connectivity index (χ4n) is 2.65. The largest absolute Gasteiger partial charge is 0.355 e. The monoisotopic (exact) mass is 264 g/mol. The Morgan fingerprint density at radius 3 is 3.05 bits per heavy atom. The second kappa shape index (κ2) is 6.70. The Hall–Kier alpha value is -1.36. The van der Waals surface area contributed by atoms with Gasteiger partial charge in [0.05, 0.1) is 12.0 Å². The molecule has 0 spiro atoms. The van der Waals surface area contributed by atoms with Crippen LogP contribution in [0.15, 0.2) is 6.33 Å². The highest BCUT2D eigenvalue weighted by Gasteiger charge is 2.25. The van der Waals surface area contributed by atoms with Gasteiger partial charge in [-0.2, -0.15) is 0 Å². The van der Waals surface area contributed by atoms with Crippen molar-refractivity contribution >= 4 is 5.91 Å². The number of nitrogens with one attached hydrogen (secondary N) is 2. The number of carbonyl (C=O) groups is 1. The van der Waals surface area contributed by atoms with Crippen LogP contribution in [0.25, 0.3) is 0 Å². The van der Waals surface area contributed by atoms with Crippen molar-refractivity contribution in [2.75, 3.05) is 26.2 Å². The standard InChI is InChI=1S/C14H24N4O/c1-3-18(4-2)8-7-15-14(19)11-5-6-12-13(9-11)17-10-16-12/h10-11H,3-9H2,1-2H3,(H,15,19)(H,16,17). The molecule has 0 bridgehead atoms. The zero-order chi connectivity index (χ0) is 13.7. The van der Waals surface area contributed by atoms with Gasteiger partial charge in [0.2, 0.25) is 5.91 Å². The van der Waals surface area contributed by atoms with Crippen LogP contribution >= 0.6 is 0 Å². The first-order chi connectivity index (χ1) is 9.24. The van der Waals surface area contributed by atoms with E-state index in [2.05, 4.69) is 34.0 Å². The molecule has 5 heteroatoms. The highest BCUT2D eigenvalue weighted by Crippen LogP contribution is 2.22. The van der Waals surface area contributed by atoms with Crippen molar-refractivity contribution in [2.24, 2.45) is 5.92 Å². The van der Waals surface area contributed by atoms with E-state index < -0.39 is 0 Å². The van der Waals surface area contributed by atoms with Gasteiger partial charge in [0.15, 0.2) is 0 Å². The predicted molar refractivity (Wildman–Crippen MR) is 74.9 cm³/mol. The number of rotatable bonds is 6. The molecule has 0 fully saturated rings. The van der Waals surface area contributed by atoms with E-state index in [1.807, 2.05) is 0 Å². The van der Waals surface area contributed by atoms with Crippen LogP contribution in [0.3, 0.4) is 0 Å². The molecule has 0 aliphatic heterocycles. The number of carbonyl (C=O) groups excluding carboxylic acids is 1. The van der Waals surface area contributed by atoms with Gasteiger partial charge in [-0.3, -0.25) is 4.79 Å². The molecule has 1 atom stereocenters. The van der Waals surface area contributed by atoms with Gasteiger partial charge >= 0.3 is 0 Å². The van der Waals surface area contributed by atoms with Crippen LogP contribution in [0.5, 0.6) is 0 Å². The molecule has 0 aromatic carbocycles. The maximum Gasteiger partial charge on any atom is 0.223 e. The summed E-state index contributed by atoms with van der Waals surface area (Å²) in [5, 5.41) is 3.06. The smallest absolute Gasteiger partial charge is 0.223 e. The van der Waals surface area contributed by atoms with Crippen molar-refractivity contribution in [2.45, 2.75) is 33.1 Å². The number of likely N-dealkylation sites (N-methyl/N-ethyl adjacent to an activating group) is 1. The van der Waals surface area contributed by atoms with Crippen molar-refractivity contribution in [3.8, 4) is 0 Å². The average molecular weight is 264 g/mol. The average Bonchev–Trinajstić information content (AvgIpc) is 2.90. The Bertz CT molecular complexity index is 411. The zero-order valence-electron chi connectivity index (χ0n) is 11.9. The first-order valence-electron chi connectivity index (χ1n) is 7.25. The molecule has 0 radical (unpaired) electrons. The van der Waals surface area contributed by atoms with E-state index in [9.17, 15) is 4.79 Å². The number of H-pyrrole nitrogens is 1.